The molecule has 130 valence electrons. The zero-order chi connectivity index (χ0) is 16.7. The fourth-order valence-corrected chi connectivity index (χ4v) is 4.98. The lowest BCUT2D eigenvalue weighted by molar-refractivity contribution is -0.160. The van der Waals surface area contributed by atoms with Crippen LogP contribution in [0.1, 0.15) is 31.2 Å². The maximum Gasteiger partial charge on any atom is 0.260 e. The number of fused-ring (bicyclic) bond motifs is 1. The van der Waals surface area contributed by atoms with E-state index in [4.69, 9.17) is 5.73 Å². The Balaban J connectivity index is 1.66. The van der Waals surface area contributed by atoms with Crippen molar-refractivity contribution in [3.05, 3.63) is 35.9 Å². The SMILES string of the molecule is NCN(C(=O)[C@@](O)(c1ccccc1)C1CCCC1)C1C2CNCC21. The van der Waals surface area contributed by atoms with Crippen LogP contribution in [-0.2, 0) is 10.4 Å². The lowest BCUT2D eigenvalue weighted by atomic mass is 9.79. The number of aliphatic hydroxyl groups is 1. The zero-order valence-electron chi connectivity index (χ0n) is 14.0. The number of hydrogen-bond acceptors (Lipinski definition) is 4. The molecular weight excluding hydrogens is 302 g/mol. The van der Waals surface area contributed by atoms with Gasteiger partial charge in [0.25, 0.3) is 5.91 Å². The van der Waals surface area contributed by atoms with E-state index in [1.54, 1.807) is 4.90 Å². The van der Waals surface area contributed by atoms with Crippen molar-refractivity contribution >= 4 is 5.91 Å². The maximum absolute atomic E-state index is 13.5. The van der Waals surface area contributed by atoms with Crippen molar-refractivity contribution in [2.45, 2.75) is 37.3 Å². The second-order valence-electron chi connectivity index (χ2n) is 7.55. The number of nitrogens with one attached hydrogen (secondary N) is 1. The fourth-order valence-electron chi connectivity index (χ4n) is 4.98. The van der Waals surface area contributed by atoms with Crippen LogP contribution in [0.25, 0.3) is 0 Å². The highest BCUT2D eigenvalue weighted by atomic mass is 16.3. The lowest BCUT2D eigenvalue weighted by Crippen LogP contribution is -2.54. The molecule has 0 bridgehead atoms. The van der Waals surface area contributed by atoms with Crippen LogP contribution < -0.4 is 11.1 Å². The molecule has 2 unspecified atom stereocenters. The first-order chi connectivity index (χ1) is 11.7. The van der Waals surface area contributed by atoms with E-state index in [0.29, 0.717) is 17.4 Å². The summed E-state index contributed by atoms with van der Waals surface area (Å²) in [6.07, 6.45) is 3.95. The first kappa shape index (κ1) is 16.1. The predicted octanol–water partition coefficient (Wildman–Crippen LogP) is 1.03. The van der Waals surface area contributed by atoms with Gasteiger partial charge in [0.05, 0.1) is 6.67 Å². The quantitative estimate of drug-likeness (QED) is 0.705. The van der Waals surface area contributed by atoms with E-state index < -0.39 is 5.60 Å². The van der Waals surface area contributed by atoms with Gasteiger partial charge in [0.1, 0.15) is 0 Å². The molecule has 24 heavy (non-hydrogen) atoms. The van der Waals surface area contributed by atoms with Crippen LogP contribution in [0.2, 0.25) is 0 Å². The Kier molecular flexibility index (Phi) is 4.11. The van der Waals surface area contributed by atoms with Crippen molar-refractivity contribution < 1.29 is 9.90 Å². The lowest BCUT2D eigenvalue weighted by Gasteiger charge is -2.38. The van der Waals surface area contributed by atoms with Gasteiger partial charge in [-0.25, -0.2) is 0 Å². The maximum atomic E-state index is 13.5. The molecule has 5 heteroatoms. The van der Waals surface area contributed by atoms with Gasteiger partial charge >= 0.3 is 0 Å². The molecule has 1 heterocycles. The van der Waals surface area contributed by atoms with Crippen molar-refractivity contribution in [1.82, 2.24) is 10.2 Å². The van der Waals surface area contributed by atoms with E-state index >= 15 is 0 Å². The van der Waals surface area contributed by atoms with Crippen LogP contribution in [0.3, 0.4) is 0 Å². The van der Waals surface area contributed by atoms with Crippen molar-refractivity contribution in [2.75, 3.05) is 19.8 Å². The second-order valence-corrected chi connectivity index (χ2v) is 7.55. The third-order valence-corrected chi connectivity index (χ3v) is 6.35. The van der Waals surface area contributed by atoms with Crippen LogP contribution in [0.4, 0.5) is 0 Å². The molecule has 1 aromatic carbocycles. The van der Waals surface area contributed by atoms with Crippen molar-refractivity contribution in [2.24, 2.45) is 23.5 Å². The molecule has 1 aliphatic heterocycles. The highest BCUT2D eigenvalue weighted by Crippen LogP contribution is 2.48. The number of benzene rings is 1. The molecule has 1 saturated heterocycles. The largest absolute Gasteiger partial charge is 0.375 e. The van der Waals surface area contributed by atoms with Gasteiger partial charge in [-0.3, -0.25) is 4.79 Å². The first-order valence-corrected chi connectivity index (χ1v) is 9.17. The summed E-state index contributed by atoms with van der Waals surface area (Å²) in [6, 6.07) is 9.65. The van der Waals surface area contributed by atoms with Gasteiger partial charge < -0.3 is 21.1 Å². The summed E-state index contributed by atoms with van der Waals surface area (Å²) in [5, 5.41) is 15.0. The molecule has 1 amide bonds. The molecular formula is C19H27N3O2. The van der Waals surface area contributed by atoms with Gasteiger partial charge in [-0.2, -0.15) is 0 Å². The van der Waals surface area contributed by atoms with Gasteiger partial charge in [0.15, 0.2) is 5.60 Å². The summed E-state index contributed by atoms with van der Waals surface area (Å²) < 4.78 is 0. The number of carbonyl (C=O) groups is 1. The Morgan fingerprint density at radius 1 is 1.21 bits per heavy atom. The monoisotopic (exact) mass is 329 g/mol. The number of nitrogens with two attached hydrogens (primary N) is 1. The molecule has 0 aromatic heterocycles. The molecule has 0 spiro atoms. The molecule has 3 aliphatic rings. The van der Waals surface area contributed by atoms with Gasteiger partial charge in [0, 0.05) is 25.0 Å². The topological polar surface area (TPSA) is 78.6 Å². The average Bonchev–Trinajstić information content (AvgIpc) is 3.07. The first-order valence-electron chi connectivity index (χ1n) is 9.17. The summed E-state index contributed by atoms with van der Waals surface area (Å²) in [5.41, 5.74) is 5.23. The highest BCUT2D eigenvalue weighted by Gasteiger charge is 2.59. The number of carbonyl (C=O) groups excluding carboxylic acids is 1. The van der Waals surface area contributed by atoms with E-state index in [0.717, 1.165) is 38.8 Å². The number of nitrogens with zero attached hydrogens (tertiary/aromatic N) is 1. The zero-order valence-corrected chi connectivity index (χ0v) is 14.0. The highest BCUT2D eigenvalue weighted by molar-refractivity contribution is 5.87. The Morgan fingerprint density at radius 2 is 1.83 bits per heavy atom. The standard InChI is InChI=1S/C19H27N3O2/c20-12-22(17-15-10-21-11-16(15)17)18(23)19(24,14-8-4-5-9-14)13-6-2-1-3-7-13/h1-3,6-7,14-17,21,24H,4-5,8-12,20H2/t15?,16?,17?,19-/m1/s1. The Labute approximate surface area is 143 Å². The minimum Gasteiger partial charge on any atom is -0.375 e. The van der Waals surface area contributed by atoms with Gasteiger partial charge in [-0.15, -0.1) is 0 Å². The van der Waals surface area contributed by atoms with Crippen LogP contribution in [0.15, 0.2) is 30.3 Å². The summed E-state index contributed by atoms with van der Waals surface area (Å²) in [6.45, 7) is 2.08. The average molecular weight is 329 g/mol. The minimum absolute atomic E-state index is 0.0156. The number of amides is 1. The van der Waals surface area contributed by atoms with Gasteiger partial charge in [-0.05, 0) is 30.2 Å². The number of hydrogen-bond donors (Lipinski definition) is 3. The molecule has 0 radical (unpaired) electrons. The molecule has 2 aliphatic carbocycles. The molecule has 3 atom stereocenters. The predicted molar refractivity (Wildman–Crippen MR) is 91.8 cm³/mol. The summed E-state index contributed by atoms with van der Waals surface area (Å²) in [4.78, 5) is 15.2. The van der Waals surface area contributed by atoms with Gasteiger partial charge in [-0.1, -0.05) is 43.2 Å². The Bertz CT molecular complexity index is 592. The summed E-state index contributed by atoms with van der Waals surface area (Å²) >= 11 is 0. The third kappa shape index (κ3) is 2.38. The number of piperidine rings is 1. The van der Waals surface area contributed by atoms with Crippen LogP contribution in [0, 0.1) is 17.8 Å². The van der Waals surface area contributed by atoms with E-state index in [1.165, 1.54) is 0 Å². The Hall–Kier alpha value is -1.43. The molecule has 4 rings (SSSR count). The van der Waals surface area contributed by atoms with Crippen molar-refractivity contribution in [3.63, 3.8) is 0 Å². The normalized spacial score (nSPS) is 31.5. The molecule has 1 aromatic rings. The van der Waals surface area contributed by atoms with E-state index in [1.807, 2.05) is 30.3 Å². The van der Waals surface area contributed by atoms with Crippen LogP contribution in [-0.4, -0.2) is 41.7 Å². The van der Waals surface area contributed by atoms with Crippen molar-refractivity contribution in [1.29, 1.82) is 0 Å². The smallest absolute Gasteiger partial charge is 0.260 e. The van der Waals surface area contributed by atoms with E-state index in [2.05, 4.69) is 5.32 Å². The summed E-state index contributed by atoms with van der Waals surface area (Å²) in [7, 11) is 0. The molecule has 5 nitrogen and oxygen atoms in total. The second kappa shape index (κ2) is 6.14. The van der Waals surface area contributed by atoms with E-state index in [-0.39, 0.29) is 24.5 Å². The number of rotatable bonds is 5. The molecule has 3 fully saturated rings. The summed E-state index contributed by atoms with van der Waals surface area (Å²) in [5.74, 6) is 0.794. The van der Waals surface area contributed by atoms with E-state index in [9.17, 15) is 9.90 Å². The van der Waals surface area contributed by atoms with Gasteiger partial charge in [0.2, 0.25) is 0 Å². The third-order valence-electron chi connectivity index (χ3n) is 6.35. The van der Waals surface area contributed by atoms with Crippen molar-refractivity contribution in [3.8, 4) is 0 Å². The van der Waals surface area contributed by atoms with Crippen LogP contribution in [0.5, 0.6) is 0 Å². The molecule has 4 N–H and O–H groups in total. The Morgan fingerprint density at radius 3 is 2.42 bits per heavy atom. The minimum atomic E-state index is -1.44. The molecule has 2 saturated carbocycles. The fraction of sp³-hybridized carbons (Fsp3) is 0.632. The van der Waals surface area contributed by atoms with Crippen LogP contribution >= 0.6 is 0 Å².